The van der Waals surface area contributed by atoms with Gasteiger partial charge in [-0.3, -0.25) is 9.79 Å². The van der Waals surface area contributed by atoms with Gasteiger partial charge in [-0.05, 0) is 18.6 Å². The molecule has 1 aliphatic heterocycles. The topological polar surface area (TPSA) is 66.4 Å². The van der Waals surface area contributed by atoms with Crippen LogP contribution in [-0.4, -0.2) is 75.2 Å². The maximum Gasteiger partial charge on any atom is 0.232 e. The molecule has 1 fully saturated rings. The van der Waals surface area contributed by atoms with Gasteiger partial charge in [-0.25, -0.2) is 0 Å². The summed E-state index contributed by atoms with van der Waals surface area (Å²) in [5.41, 5.74) is 2.06. The van der Waals surface area contributed by atoms with Gasteiger partial charge in [0, 0.05) is 38.8 Å². The third-order valence-electron chi connectivity index (χ3n) is 5.54. The lowest BCUT2D eigenvalue weighted by atomic mass is 9.97. The van der Waals surface area contributed by atoms with E-state index < -0.39 is 0 Å². The van der Waals surface area contributed by atoms with Crippen LogP contribution in [0.15, 0.2) is 59.6 Å². The average molecular weight is 566 g/mol. The van der Waals surface area contributed by atoms with Crippen molar-refractivity contribution in [1.82, 2.24) is 15.1 Å². The number of aliphatic imine (C=N–C) groups is 1. The summed E-state index contributed by atoms with van der Waals surface area (Å²) in [7, 11) is 3.68. The molecule has 1 aliphatic rings. The zero-order valence-corrected chi connectivity index (χ0v) is 22.0. The predicted octanol–water partition coefficient (Wildman–Crippen LogP) is 3.35. The van der Waals surface area contributed by atoms with Crippen molar-refractivity contribution in [2.45, 2.75) is 19.4 Å². The molecule has 1 saturated heterocycles. The molecule has 1 unspecified atom stereocenters. The number of carbonyl (C=O) groups is 1. The van der Waals surface area contributed by atoms with Crippen molar-refractivity contribution in [1.29, 1.82) is 0 Å². The zero-order valence-electron chi connectivity index (χ0n) is 19.7. The summed E-state index contributed by atoms with van der Waals surface area (Å²) in [6.07, 6.45) is 0. The number of halogens is 1. The molecule has 2 aromatic rings. The second-order valence-electron chi connectivity index (χ2n) is 7.76. The summed E-state index contributed by atoms with van der Waals surface area (Å²) >= 11 is 0. The molecule has 0 spiro atoms. The number of nitrogens with one attached hydrogen (secondary N) is 1. The maximum absolute atomic E-state index is 13.4. The van der Waals surface area contributed by atoms with Crippen LogP contribution in [0.25, 0.3) is 0 Å². The van der Waals surface area contributed by atoms with Gasteiger partial charge in [0.25, 0.3) is 0 Å². The molecule has 0 aromatic heterocycles. The number of benzene rings is 2. The molecule has 0 radical (unpaired) electrons. The SMILES string of the molecule is CCNC(=NCC(C(=O)N1CCOCC1)c1ccccc1)N(C)Cc1ccccc1OC.I. The Morgan fingerprint density at radius 3 is 2.48 bits per heavy atom. The third kappa shape index (κ3) is 7.60. The summed E-state index contributed by atoms with van der Waals surface area (Å²) < 4.78 is 10.9. The Morgan fingerprint density at radius 2 is 1.82 bits per heavy atom. The van der Waals surface area contributed by atoms with Crippen molar-refractivity contribution in [3.63, 3.8) is 0 Å². The number of amides is 1. The van der Waals surface area contributed by atoms with E-state index in [1.54, 1.807) is 7.11 Å². The van der Waals surface area contributed by atoms with Crippen molar-refractivity contribution < 1.29 is 14.3 Å². The molecule has 1 N–H and O–H groups in total. The number of rotatable bonds is 8. The van der Waals surface area contributed by atoms with Gasteiger partial charge >= 0.3 is 0 Å². The van der Waals surface area contributed by atoms with E-state index in [2.05, 4.69) is 10.2 Å². The highest BCUT2D eigenvalue weighted by Gasteiger charge is 2.27. The van der Waals surface area contributed by atoms with Crippen LogP contribution in [-0.2, 0) is 16.1 Å². The van der Waals surface area contributed by atoms with E-state index in [-0.39, 0.29) is 35.8 Å². The highest BCUT2D eigenvalue weighted by molar-refractivity contribution is 14.0. The van der Waals surface area contributed by atoms with Crippen LogP contribution in [0.1, 0.15) is 24.0 Å². The number of morpholine rings is 1. The van der Waals surface area contributed by atoms with E-state index in [9.17, 15) is 4.79 Å². The van der Waals surface area contributed by atoms with Gasteiger partial charge in [-0.2, -0.15) is 0 Å². The number of para-hydroxylation sites is 1. The van der Waals surface area contributed by atoms with Crippen LogP contribution in [0.4, 0.5) is 0 Å². The first-order valence-corrected chi connectivity index (χ1v) is 11.2. The Morgan fingerprint density at radius 1 is 1.15 bits per heavy atom. The quantitative estimate of drug-likeness (QED) is 0.302. The van der Waals surface area contributed by atoms with Crippen molar-refractivity contribution >= 4 is 35.8 Å². The van der Waals surface area contributed by atoms with Crippen LogP contribution in [0.2, 0.25) is 0 Å². The fourth-order valence-corrected chi connectivity index (χ4v) is 3.83. The number of hydrogen-bond acceptors (Lipinski definition) is 4. The summed E-state index contributed by atoms with van der Waals surface area (Å²) in [4.78, 5) is 22.2. The Labute approximate surface area is 214 Å². The Balaban J connectivity index is 0.00000385. The molecule has 0 saturated carbocycles. The minimum Gasteiger partial charge on any atom is -0.496 e. The minimum absolute atomic E-state index is 0. The molecule has 1 atom stereocenters. The summed E-state index contributed by atoms with van der Waals surface area (Å²) in [5.74, 6) is 1.38. The molecule has 8 heteroatoms. The van der Waals surface area contributed by atoms with E-state index in [0.29, 0.717) is 39.4 Å². The number of hydrogen-bond donors (Lipinski definition) is 1. The number of methoxy groups -OCH3 is 1. The number of nitrogens with zero attached hydrogens (tertiary/aromatic N) is 3. The lowest BCUT2D eigenvalue weighted by Crippen LogP contribution is -2.44. The predicted molar refractivity (Wildman–Crippen MR) is 142 cm³/mol. The highest BCUT2D eigenvalue weighted by atomic mass is 127. The maximum atomic E-state index is 13.4. The molecule has 1 amide bonds. The first-order chi connectivity index (χ1) is 15.6. The lowest BCUT2D eigenvalue weighted by Gasteiger charge is -2.30. The van der Waals surface area contributed by atoms with Crippen molar-refractivity contribution in [2.24, 2.45) is 4.99 Å². The molecule has 180 valence electrons. The molecular formula is C25H35IN4O3. The smallest absolute Gasteiger partial charge is 0.232 e. The van der Waals surface area contributed by atoms with Gasteiger partial charge < -0.3 is 24.6 Å². The minimum atomic E-state index is -0.331. The second kappa shape index (κ2) is 14.0. The van der Waals surface area contributed by atoms with E-state index in [1.165, 1.54) is 0 Å². The Kier molecular flexibility index (Phi) is 11.5. The summed E-state index contributed by atoms with van der Waals surface area (Å²) in [5, 5.41) is 3.36. The normalized spacial score (nSPS) is 14.8. The van der Waals surface area contributed by atoms with E-state index in [4.69, 9.17) is 14.5 Å². The number of carbonyl (C=O) groups excluding carboxylic acids is 1. The molecule has 33 heavy (non-hydrogen) atoms. The highest BCUT2D eigenvalue weighted by Crippen LogP contribution is 2.21. The summed E-state index contributed by atoms with van der Waals surface area (Å²) in [6, 6.07) is 17.9. The molecular weight excluding hydrogens is 531 g/mol. The zero-order chi connectivity index (χ0) is 22.8. The fourth-order valence-electron chi connectivity index (χ4n) is 3.83. The molecule has 0 aliphatic carbocycles. The Bertz CT molecular complexity index is 888. The van der Waals surface area contributed by atoms with Crippen molar-refractivity contribution in [3.8, 4) is 5.75 Å². The van der Waals surface area contributed by atoms with Gasteiger partial charge in [0.15, 0.2) is 5.96 Å². The van der Waals surface area contributed by atoms with E-state index >= 15 is 0 Å². The number of ether oxygens (including phenoxy) is 2. The van der Waals surface area contributed by atoms with Crippen LogP contribution in [0.5, 0.6) is 5.75 Å². The molecule has 7 nitrogen and oxygen atoms in total. The first-order valence-electron chi connectivity index (χ1n) is 11.2. The van der Waals surface area contributed by atoms with E-state index in [1.807, 2.05) is 73.5 Å². The van der Waals surface area contributed by atoms with Crippen LogP contribution in [0, 0.1) is 0 Å². The molecule has 0 bridgehead atoms. The van der Waals surface area contributed by atoms with Gasteiger partial charge in [0.05, 0.1) is 32.8 Å². The lowest BCUT2D eigenvalue weighted by molar-refractivity contribution is -0.136. The van der Waals surface area contributed by atoms with Gasteiger partial charge in [0.1, 0.15) is 5.75 Å². The number of guanidine groups is 1. The van der Waals surface area contributed by atoms with Crippen LogP contribution < -0.4 is 10.1 Å². The van der Waals surface area contributed by atoms with E-state index in [0.717, 1.165) is 29.4 Å². The largest absolute Gasteiger partial charge is 0.496 e. The molecule has 1 heterocycles. The third-order valence-corrected chi connectivity index (χ3v) is 5.54. The van der Waals surface area contributed by atoms with Crippen LogP contribution >= 0.6 is 24.0 Å². The summed E-state index contributed by atoms with van der Waals surface area (Å²) in [6.45, 7) is 6.21. The van der Waals surface area contributed by atoms with Crippen LogP contribution in [0.3, 0.4) is 0 Å². The second-order valence-corrected chi connectivity index (χ2v) is 7.76. The molecule has 2 aromatic carbocycles. The van der Waals surface area contributed by atoms with Crippen molar-refractivity contribution in [3.05, 3.63) is 65.7 Å². The standard InChI is InChI=1S/C25H34N4O3.HI/c1-4-26-25(28(2)19-21-12-8-9-13-23(21)31-3)27-18-22(20-10-6-5-7-11-20)24(30)29-14-16-32-17-15-29;/h5-13,22H,4,14-19H2,1-3H3,(H,26,27);1H. The average Bonchev–Trinajstić information content (AvgIpc) is 2.84. The van der Waals surface area contributed by atoms with Crippen molar-refractivity contribution in [2.75, 3.05) is 53.6 Å². The van der Waals surface area contributed by atoms with Gasteiger partial charge in [-0.15, -0.1) is 24.0 Å². The first kappa shape index (κ1) is 26.9. The fraction of sp³-hybridized carbons (Fsp3) is 0.440. The Hall–Kier alpha value is -2.33. The monoisotopic (exact) mass is 566 g/mol. The molecule has 3 rings (SSSR count). The van der Waals surface area contributed by atoms with Gasteiger partial charge in [-0.1, -0.05) is 48.5 Å². The van der Waals surface area contributed by atoms with Gasteiger partial charge in [0.2, 0.25) is 5.91 Å².